The second-order valence-electron chi connectivity index (χ2n) is 6.60. The molecule has 0 aromatic heterocycles. The van der Waals surface area contributed by atoms with Crippen molar-refractivity contribution in [2.75, 3.05) is 4.72 Å². The summed E-state index contributed by atoms with van der Waals surface area (Å²) in [5.74, 6) is -0.867. The Morgan fingerprint density at radius 2 is 1.39 bits per heavy atom. The van der Waals surface area contributed by atoms with Gasteiger partial charge in [0.15, 0.2) is 0 Å². The smallest absolute Gasteiger partial charge is 0.269 e. The van der Waals surface area contributed by atoms with Crippen LogP contribution in [0.5, 0.6) is 0 Å². The second kappa shape index (κ2) is 10.2. The quantitative estimate of drug-likeness (QED) is 0.496. The lowest BCUT2D eigenvalue weighted by molar-refractivity contribution is -0.121. The molecule has 3 aromatic rings. The fourth-order valence-corrected chi connectivity index (χ4v) is 3.51. The number of amides is 2. The molecule has 0 atom stereocenters. The van der Waals surface area contributed by atoms with Crippen molar-refractivity contribution in [3.63, 3.8) is 0 Å². The molecule has 0 unspecified atom stereocenters. The second-order valence-corrected chi connectivity index (χ2v) is 8.17. The lowest BCUT2D eigenvalue weighted by Gasteiger charge is -2.09. The van der Waals surface area contributed by atoms with Crippen molar-refractivity contribution >= 4 is 33.6 Å². The van der Waals surface area contributed by atoms with Gasteiger partial charge in [-0.15, -0.1) is 0 Å². The molecule has 3 aromatic carbocycles. The fraction of sp³-hybridized carbons (Fsp3) is 0.0435. The molecule has 0 aliphatic carbocycles. The molecule has 8 heteroatoms. The van der Waals surface area contributed by atoms with Gasteiger partial charge in [0.25, 0.3) is 15.9 Å². The molecule has 0 spiro atoms. The van der Waals surface area contributed by atoms with Crippen molar-refractivity contribution in [1.82, 2.24) is 10.9 Å². The Bertz CT molecular complexity index is 1160. The molecular weight excluding hydrogens is 414 g/mol. The lowest BCUT2D eigenvalue weighted by Crippen LogP contribution is -2.42. The summed E-state index contributed by atoms with van der Waals surface area (Å²) in [6, 6.07) is 24.0. The summed E-state index contributed by atoms with van der Waals surface area (Å²) in [6.07, 6.45) is 1.63. The van der Waals surface area contributed by atoms with E-state index < -0.39 is 15.9 Å². The van der Waals surface area contributed by atoms with Gasteiger partial charge < -0.3 is 0 Å². The maximum Gasteiger partial charge on any atom is 0.269 e. The SMILES string of the molecule is O=C(Cc1ccccc1)NNC(=O)c1ccc(NS(=O)(=O)/C=C/c2ccccc2)cc1. The summed E-state index contributed by atoms with van der Waals surface area (Å²) >= 11 is 0. The van der Waals surface area contributed by atoms with Gasteiger partial charge in [-0.3, -0.25) is 25.2 Å². The molecule has 0 heterocycles. The van der Waals surface area contributed by atoms with Crippen molar-refractivity contribution in [2.24, 2.45) is 0 Å². The fourth-order valence-electron chi connectivity index (χ4n) is 2.64. The van der Waals surface area contributed by atoms with Crippen LogP contribution in [-0.4, -0.2) is 20.2 Å². The number of carbonyl (C=O) groups excluding carboxylic acids is 2. The Hall–Kier alpha value is -3.91. The summed E-state index contributed by atoms with van der Waals surface area (Å²) in [5.41, 5.74) is 6.85. The largest absolute Gasteiger partial charge is 0.280 e. The number of hydrogen-bond acceptors (Lipinski definition) is 4. The normalized spacial score (nSPS) is 11.1. The number of sulfonamides is 1. The minimum Gasteiger partial charge on any atom is -0.280 e. The van der Waals surface area contributed by atoms with Crippen LogP contribution in [0.25, 0.3) is 6.08 Å². The first-order chi connectivity index (χ1) is 14.9. The van der Waals surface area contributed by atoms with Gasteiger partial charge >= 0.3 is 0 Å². The molecule has 7 nitrogen and oxygen atoms in total. The van der Waals surface area contributed by atoms with Crippen LogP contribution in [-0.2, 0) is 21.2 Å². The van der Waals surface area contributed by atoms with Gasteiger partial charge in [0, 0.05) is 11.3 Å². The van der Waals surface area contributed by atoms with Gasteiger partial charge in [0.05, 0.1) is 11.8 Å². The number of nitrogens with one attached hydrogen (secondary N) is 3. The van der Waals surface area contributed by atoms with Crippen LogP contribution in [0.2, 0.25) is 0 Å². The summed E-state index contributed by atoms with van der Waals surface area (Å²) < 4.78 is 26.8. The zero-order valence-electron chi connectivity index (χ0n) is 16.5. The Kier molecular flexibility index (Phi) is 7.18. The van der Waals surface area contributed by atoms with Crippen LogP contribution in [0.1, 0.15) is 21.5 Å². The minimum atomic E-state index is -3.71. The average molecular weight is 436 g/mol. The predicted molar refractivity (Wildman–Crippen MR) is 120 cm³/mol. The summed E-state index contributed by atoms with van der Waals surface area (Å²) in [7, 11) is -3.71. The first-order valence-electron chi connectivity index (χ1n) is 9.40. The molecule has 0 aliphatic heterocycles. The molecule has 3 rings (SSSR count). The lowest BCUT2D eigenvalue weighted by atomic mass is 10.1. The Morgan fingerprint density at radius 3 is 2.03 bits per heavy atom. The third kappa shape index (κ3) is 7.13. The van der Waals surface area contributed by atoms with E-state index >= 15 is 0 Å². The van der Waals surface area contributed by atoms with Gasteiger partial charge in [-0.1, -0.05) is 60.7 Å². The van der Waals surface area contributed by atoms with Crippen LogP contribution >= 0.6 is 0 Å². The minimum absolute atomic E-state index is 0.137. The van der Waals surface area contributed by atoms with Gasteiger partial charge in [-0.05, 0) is 41.5 Å². The Labute approximate surface area is 180 Å². The summed E-state index contributed by atoms with van der Waals surface area (Å²) in [4.78, 5) is 24.1. The number of anilines is 1. The van der Waals surface area contributed by atoms with E-state index in [4.69, 9.17) is 0 Å². The van der Waals surface area contributed by atoms with Crippen molar-refractivity contribution in [2.45, 2.75) is 6.42 Å². The van der Waals surface area contributed by atoms with E-state index in [1.165, 1.54) is 30.3 Å². The number of benzene rings is 3. The van der Waals surface area contributed by atoms with Crippen molar-refractivity contribution < 1.29 is 18.0 Å². The zero-order chi connectivity index (χ0) is 22.1. The molecule has 0 aliphatic rings. The van der Waals surface area contributed by atoms with Gasteiger partial charge in [0.1, 0.15) is 0 Å². The maximum atomic E-state index is 12.2. The highest BCUT2D eigenvalue weighted by Crippen LogP contribution is 2.13. The molecule has 158 valence electrons. The number of hydrazine groups is 1. The topological polar surface area (TPSA) is 104 Å². The molecule has 0 bridgehead atoms. The van der Waals surface area contributed by atoms with E-state index in [1.807, 2.05) is 48.5 Å². The third-order valence-electron chi connectivity index (χ3n) is 4.17. The average Bonchev–Trinajstić information content (AvgIpc) is 2.78. The zero-order valence-corrected chi connectivity index (χ0v) is 17.3. The van der Waals surface area contributed by atoms with E-state index in [0.717, 1.165) is 16.5 Å². The highest BCUT2D eigenvalue weighted by atomic mass is 32.2. The molecule has 3 N–H and O–H groups in total. The van der Waals surface area contributed by atoms with Crippen molar-refractivity contribution in [1.29, 1.82) is 0 Å². The molecule has 0 radical (unpaired) electrons. The molecule has 2 amide bonds. The molecule has 0 saturated heterocycles. The number of rotatable bonds is 7. The Balaban J connectivity index is 1.52. The molecular formula is C23H21N3O4S. The first-order valence-corrected chi connectivity index (χ1v) is 10.9. The first kappa shape index (κ1) is 21.8. The summed E-state index contributed by atoms with van der Waals surface area (Å²) in [6.45, 7) is 0. The van der Waals surface area contributed by atoms with Crippen molar-refractivity contribution in [3.05, 3.63) is 107 Å². The monoisotopic (exact) mass is 435 g/mol. The molecule has 31 heavy (non-hydrogen) atoms. The van der Waals surface area contributed by atoms with Crippen LogP contribution in [0, 0.1) is 0 Å². The van der Waals surface area contributed by atoms with Crippen LogP contribution in [0.15, 0.2) is 90.3 Å². The molecule has 0 saturated carbocycles. The number of carbonyl (C=O) groups is 2. The van der Waals surface area contributed by atoms with Crippen LogP contribution in [0.4, 0.5) is 5.69 Å². The van der Waals surface area contributed by atoms with Crippen LogP contribution in [0.3, 0.4) is 0 Å². The predicted octanol–water partition coefficient (Wildman–Crippen LogP) is 3.10. The Morgan fingerprint density at radius 1 is 0.774 bits per heavy atom. The maximum absolute atomic E-state index is 12.2. The van der Waals surface area contributed by atoms with Gasteiger partial charge in [0.2, 0.25) is 5.91 Å². The summed E-state index contributed by atoms with van der Waals surface area (Å²) in [5, 5.41) is 1.07. The van der Waals surface area contributed by atoms with E-state index in [1.54, 1.807) is 12.1 Å². The highest BCUT2D eigenvalue weighted by molar-refractivity contribution is 7.95. The standard InChI is InChI=1S/C23H21N3O4S/c27-22(17-19-9-5-2-6-10-19)24-25-23(28)20-11-13-21(14-12-20)26-31(29,30)16-15-18-7-3-1-4-8-18/h1-16,26H,17H2,(H,24,27)(H,25,28)/b16-15+. The molecule has 0 fully saturated rings. The van der Waals surface area contributed by atoms with E-state index in [0.29, 0.717) is 5.69 Å². The van der Waals surface area contributed by atoms with Crippen LogP contribution < -0.4 is 15.6 Å². The highest BCUT2D eigenvalue weighted by Gasteiger charge is 2.10. The third-order valence-corrected chi connectivity index (χ3v) is 5.18. The van der Waals surface area contributed by atoms with E-state index in [9.17, 15) is 18.0 Å². The van der Waals surface area contributed by atoms with Gasteiger partial charge in [-0.2, -0.15) is 0 Å². The number of hydrogen-bond donors (Lipinski definition) is 3. The van der Waals surface area contributed by atoms with E-state index in [-0.39, 0.29) is 17.9 Å². The van der Waals surface area contributed by atoms with Crippen molar-refractivity contribution in [3.8, 4) is 0 Å². The van der Waals surface area contributed by atoms with Gasteiger partial charge in [-0.25, -0.2) is 8.42 Å². The van der Waals surface area contributed by atoms with E-state index in [2.05, 4.69) is 15.6 Å².